The van der Waals surface area contributed by atoms with Gasteiger partial charge in [-0.15, -0.1) is 11.3 Å². The number of carbonyl (C=O) groups excluding carboxylic acids is 2. The standard InChI is InChI=1S/C26H26N4O3S/c1-2-33-15-8-14-27-25(31)19-9-6-10-20(17-19)28-26(32)22-18-30(21-11-4-3-5-12-21)29-24(22)23-13-7-16-34-23/h3-7,9-13,16-18H,2,8,14-15H2,1H3,(H,27,31)(H,28,32). The highest BCUT2D eigenvalue weighted by atomic mass is 32.1. The van der Waals surface area contributed by atoms with E-state index in [2.05, 4.69) is 15.7 Å². The SMILES string of the molecule is CCOCCCNC(=O)c1cccc(NC(=O)c2cn(-c3ccccc3)nc2-c2cccs2)c1. The largest absolute Gasteiger partial charge is 0.382 e. The minimum atomic E-state index is -0.292. The quantitative estimate of drug-likeness (QED) is 0.317. The molecule has 0 unspecified atom stereocenters. The molecule has 4 aromatic rings. The van der Waals surface area contributed by atoms with Crippen molar-refractivity contribution < 1.29 is 14.3 Å². The highest BCUT2D eigenvalue weighted by molar-refractivity contribution is 7.13. The Morgan fingerprint density at radius 3 is 2.65 bits per heavy atom. The zero-order valence-electron chi connectivity index (χ0n) is 18.9. The molecule has 2 aromatic carbocycles. The topological polar surface area (TPSA) is 85.3 Å². The number of benzene rings is 2. The van der Waals surface area contributed by atoms with Crippen molar-refractivity contribution in [3.05, 3.63) is 89.4 Å². The zero-order chi connectivity index (χ0) is 23.8. The maximum atomic E-state index is 13.3. The molecule has 0 saturated carbocycles. The monoisotopic (exact) mass is 474 g/mol. The third-order valence-electron chi connectivity index (χ3n) is 5.07. The number of para-hydroxylation sites is 1. The highest BCUT2D eigenvalue weighted by Gasteiger charge is 2.20. The summed E-state index contributed by atoms with van der Waals surface area (Å²) in [4.78, 5) is 26.6. The first-order valence-corrected chi connectivity index (χ1v) is 12.0. The van der Waals surface area contributed by atoms with E-state index < -0.39 is 0 Å². The van der Waals surface area contributed by atoms with Gasteiger partial charge in [-0.05, 0) is 55.1 Å². The first-order valence-electron chi connectivity index (χ1n) is 11.1. The Bertz CT molecular complexity index is 1240. The number of amides is 2. The average molecular weight is 475 g/mol. The summed E-state index contributed by atoms with van der Waals surface area (Å²) in [6.07, 6.45) is 2.47. The van der Waals surface area contributed by atoms with Gasteiger partial charge < -0.3 is 15.4 Å². The van der Waals surface area contributed by atoms with Gasteiger partial charge in [-0.1, -0.05) is 30.3 Å². The Hall–Kier alpha value is -3.75. The second kappa shape index (κ2) is 11.4. The Kier molecular flexibility index (Phi) is 7.85. The van der Waals surface area contributed by atoms with Crippen LogP contribution in [0, 0.1) is 0 Å². The van der Waals surface area contributed by atoms with Crippen molar-refractivity contribution in [2.75, 3.05) is 25.1 Å². The number of ether oxygens (including phenoxy) is 1. The van der Waals surface area contributed by atoms with Crippen molar-refractivity contribution in [3.8, 4) is 16.3 Å². The molecule has 0 spiro atoms. The van der Waals surface area contributed by atoms with Crippen molar-refractivity contribution in [1.29, 1.82) is 0 Å². The van der Waals surface area contributed by atoms with Gasteiger partial charge in [-0.2, -0.15) is 5.10 Å². The summed E-state index contributed by atoms with van der Waals surface area (Å²) in [6, 6.07) is 20.4. The van der Waals surface area contributed by atoms with Crippen molar-refractivity contribution in [3.63, 3.8) is 0 Å². The molecule has 34 heavy (non-hydrogen) atoms. The van der Waals surface area contributed by atoms with E-state index in [1.54, 1.807) is 35.1 Å². The van der Waals surface area contributed by atoms with Gasteiger partial charge in [0, 0.05) is 37.2 Å². The van der Waals surface area contributed by atoms with Gasteiger partial charge in [0.15, 0.2) is 0 Å². The van der Waals surface area contributed by atoms with E-state index in [4.69, 9.17) is 4.74 Å². The summed E-state index contributed by atoms with van der Waals surface area (Å²) in [6.45, 7) is 3.73. The van der Waals surface area contributed by atoms with E-state index in [1.165, 1.54) is 11.3 Å². The average Bonchev–Trinajstić information content (AvgIpc) is 3.55. The number of hydrogen-bond donors (Lipinski definition) is 2. The van der Waals surface area contributed by atoms with Gasteiger partial charge in [-0.25, -0.2) is 4.68 Å². The first kappa shape index (κ1) is 23.4. The minimum Gasteiger partial charge on any atom is -0.382 e. The Morgan fingerprint density at radius 1 is 1.03 bits per heavy atom. The fraction of sp³-hybridized carbons (Fsp3) is 0.192. The molecule has 0 aliphatic rings. The van der Waals surface area contributed by atoms with Crippen molar-refractivity contribution in [2.45, 2.75) is 13.3 Å². The number of nitrogens with one attached hydrogen (secondary N) is 2. The zero-order valence-corrected chi connectivity index (χ0v) is 19.7. The number of carbonyl (C=O) groups is 2. The second-order valence-electron chi connectivity index (χ2n) is 7.49. The van der Waals surface area contributed by atoms with E-state index in [9.17, 15) is 9.59 Å². The second-order valence-corrected chi connectivity index (χ2v) is 8.44. The Balaban J connectivity index is 1.51. The number of hydrogen-bond acceptors (Lipinski definition) is 5. The molecule has 7 nitrogen and oxygen atoms in total. The van der Waals surface area contributed by atoms with Crippen molar-refractivity contribution >= 4 is 28.8 Å². The molecule has 174 valence electrons. The predicted octanol–water partition coefficient (Wildman–Crippen LogP) is 5.01. The van der Waals surface area contributed by atoms with Crippen molar-refractivity contribution in [1.82, 2.24) is 15.1 Å². The molecule has 0 saturated heterocycles. The maximum absolute atomic E-state index is 13.3. The van der Waals surface area contributed by atoms with Crippen LogP contribution in [0.25, 0.3) is 16.3 Å². The van der Waals surface area contributed by atoms with E-state index in [0.717, 1.165) is 17.0 Å². The van der Waals surface area contributed by atoms with Gasteiger partial charge in [0.1, 0.15) is 5.69 Å². The van der Waals surface area contributed by atoms with Crippen molar-refractivity contribution in [2.24, 2.45) is 0 Å². The molecule has 2 heterocycles. The molecule has 2 amide bonds. The first-order chi connectivity index (χ1) is 16.7. The molecule has 0 aliphatic carbocycles. The smallest absolute Gasteiger partial charge is 0.259 e. The maximum Gasteiger partial charge on any atom is 0.259 e. The molecule has 0 fully saturated rings. The van der Waals surface area contributed by atoms with Crippen LogP contribution in [0.2, 0.25) is 0 Å². The van der Waals surface area contributed by atoms with Crippen LogP contribution in [-0.4, -0.2) is 41.4 Å². The van der Waals surface area contributed by atoms with Crippen LogP contribution in [0.4, 0.5) is 5.69 Å². The molecule has 2 N–H and O–H groups in total. The summed E-state index contributed by atoms with van der Waals surface area (Å²) in [5, 5.41) is 12.4. The summed E-state index contributed by atoms with van der Waals surface area (Å²) in [5.41, 5.74) is 2.95. The molecule has 0 bridgehead atoms. The summed E-state index contributed by atoms with van der Waals surface area (Å²) >= 11 is 1.52. The number of aromatic nitrogens is 2. The molecule has 4 rings (SSSR count). The Labute approximate surface area is 202 Å². The van der Waals surface area contributed by atoms with E-state index in [1.807, 2.05) is 54.8 Å². The molecule has 2 aromatic heterocycles. The summed E-state index contributed by atoms with van der Waals surface area (Å²) in [5.74, 6) is -0.483. The third-order valence-corrected chi connectivity index (χ3v) is 5.95. The predicted molar refractivity (Wildman–Crippen MR) is 135 cm³/mol. The fourth-order valence-corrected chi connectivity index (χ4v) is 4.13. The minimum absolute atomic E-state index is 0.191. The lowest BCUT2D eigenvalue weighted by atomic mass is 10.1. The van der Waals surface area contributed by atoms with Crippen LogP contribution >= 0.6 is 11.3 Å². The third kappa shape index (κ3) is 5.78. The molecule has 0 aliphatic heterocycles. The summed E-state index contributed by atoms with van der Waals surface area (Å²) < 4.78 is 6.99. The van der Waals surface area contributed by atoms with Gasteiger partial charge >= 0.3 is 0 Å². The fourth-order valence-electron chi connectivity index (χ4n) is 3.41. The van der Waals surface area contributed by atoms with E-state index in [-0.39, 0.29) is 11.8 Å². The lowest BCUT2D eigenvalue weighted by Crippen LogP contribution is -2.25. The Morgan fingerprint density at radius 2 is 1.88 bits per heavy atom. The number of nitrogens with zero attached hydrogens (tertiary/aromatic N) is 2. The lowest BCUT2D eigenvalue weighted by molar-refractivity contribution is 0.0943. The van der Waals surface area contributed by atoms with Gasteiger partial charge in [0.25, 0.3) is 11.8 Å². The molecule has 0 radical (unpaired) electrons. The summed E-state index contributed by atoms with van der Waals surface area (Å²) in [7, 11) is 0. The molecular weight excluding hydrogens is 448 g/mol. The van der Waals surface area contributed by atoms with Crippen LogP contribution < -0.4 is 10.6 Å². The van der Waals surface area contributed by atoms with Crippen LogP contribution in [0.3, 0.4) is 0 Å². The van der Waals surface area contributed by atoms with Crippen LogP contribution in [0.5, 0.6) is 0 Å². The number of anilines is 1. The van der Waals surface area contributed by atoms with E-state index in [0.29, 0.717) is 42.3 Å². The molecular formula is C26H26N4O3S. The van der Waals surface area contributed by atoms with Crippen LogP contribution in [-0.2, 0) is 4.74 Å². The van der Waals surface area contributed by atoms with Crippen LogP contribution in [0.15, 0.2) is 78.3 Å². The molecule has 8 heteroatoms. The van der Waals surface area contributed by atoms with Gasteiger partial charge in [0.05, 0.1) is 16.1 Å². The van der Waals surface area contributed by atoms with Gasteiger partial charge in [-0.3, -0.25) is 9.59 Å². The van der Waals surface area contributed by atoms with E-state index >= 15 is 0 Å². The highest BCUT2D eigenvalue weighted by Crippen LogP contribution is 2.28. The van der Waals surface area contributed by atoms with Crippen LogP contribution in [0.1, 0.15) is 34.1 Å². The lowest BCUT2D eigenvalue weighted by Gasteiger charge is -2.08. The molecule has 0 atom stereocenters. The van der Waals surface area contributed by atoms with Gasteiger partial charge in [0.2, 0.25) is 0 Å². The number of thiophene rings is 1. The normalized spacial score (nSPS) is 10.7. The number of rotatable bonds is 10.